The summed E-state index contributed by atoms with van der Waals surface area (Å²) in [6.45, 7) is 0.711. The van der Waals surface area contributed by atoms with E-state index < -0.39 is 6.10 Å². The van der Waals surface area contributed by atoms with Gasteiger partial charge in [-0.15, -0.1) is 0 Å². The quantitative estimate of drug-likeness (QED) is 0.779. The minimum atomic E-state index is -0.635. The van der Waals surface area contributed by atoms with E-state index in [1.807, 2.05) is 36.2 Å². The highest BCUT2D eigenvalue weighted by Crippen LogP contribution is 2.20. The van der Waals surface area contributed by atoms with Gasteiger partial charge in [-0.05, 0) is 37.6 Å². The smallest absolute Gasteiger partial charge is 0.234 e. The Morgan fingerprint density at radius 2 is 2.30 bits per heavy atom. The third-order valence-electron chi connectivity index (χ3n) is 3.32. The van der Waals surface area contributed by atoms with E-state index in [0.29, 0.717) is 19.1 Å². The van der Waals surface area contributed by atoms with E-state index in [4.69, 9.17) is 4.74 Å². The van der Waals surface area contributed by atoms with Gasteiger partial charge in [0.1, 0.15) is 5.75 Å². The van der Waals surface area contributed by atoms with Crippen molar-refractivity contribution in [3.8, 4) is 5.75 Å². The van der Waals surface area contributed by atoms with Crippen LogP contribution in [0.1, 0.15) is 24.5 Å². The Hall–Kier alpha value is -1.59. The Bertz CT molecular complexity index is 460. The van der Waals surface area contributed by atoms with Crippen LogP contribution in [0.3, 0.4) is 0 Å². The first-order chi connectivity index (χ1) is 9.58. The number of nitrogens with zero attached hydrogens (tertiary/aromatic N) is 1. The van der Waals surface area contributed by atoms with Gasteiger partial charge >= 0.3 is 0 Å². The number of carbonyl (C=O) groups excluding carboxylic acids is 1. The maximum atomic E-state index is 11.7. The molecule has 20 heavy (non-hydrogen) atoms. The molecule has 110 valence electrons. The van der Waals surface area contributed by atoms with Crippen molar-refractivity contribution in [3.05, 3.63) is 29.8 Å². The summed E-state index contributed by atoms with van der Waals surface area (Å²) >= 11 is 0. The molecular weight excluding hydrogens is 256 g/mol. The number of amides is 1. The minimum Gasteiger partial charge on any atom is -0.497 e. The fourth-order valence-corrected chi connectivity index (χ4v) is 2.06. The molecule has 1 unspecified atom stereocenters. The van der Waals surface area contributed by atoms with Crippen LogP contribution in [-0.4, -0.2) is 49.2 Å². The maximum Gasteiger partial charge on any atom is 0.234 e. The first kappa shape index (κ1) is 14.8. The molecular formula is C15H22N2O3. The van der Waals surface area contributed by atoms with Gasteiger partial charge in [0.2, 0.25) is 5.91 Å². The second-order valence-electron chi connectivity index (χ2n) is 5.33. The Morgan fingerprint density at radius 3 is 2.95 bits per heavy atom. The number of carbonyl (C=O) groups is 1. The predicted molar refractivity (Wildman–Crippen MR) is 76.6 cm³/mol. The zero-order valence-electron chi connectivity index (χ0n) is 12.0. The van der Waals surface area contributed by atoms with Crippen LogP contribution in [0.15, 0.2) is 24.3 Å². The van der Waals surface area contributed by atoms with Crippen molar-refractivity contribution in [3.63, 3.8) is 0 Å². The average molecular weight is 278 g/mol. The van der Waals surface area contributed by atoms with Crippen LogP contribution in [0.5, 0.6) is 5.75 Å². The molecule has 1 amide bonds. The van der Waals surface area contributed by atoms with E-state index in [9.17, 15) is 9.90 Å². The molecule has 5 heteroatoms. The van der Waals surface area contributed by atoms with Gasteiger partial charge in [-0.1, -0.05) is 12.1 Å². The van der Waals surface area contributed by atoms with Gasteiger partial charge in [0.05, 0.1) is 19.8 Å². The lowest BCUT2D eigenvalue weighted by Gasteiger charge is -2.20. The number of methoxy groups -OCH3 is 1. The Labute approximate surface area is 119 Å². The molecule has 0 heterocycles. The lowest BCUT2D eigenvalue weighted by Crippen LogP contribution is -2.37. The van der Waals surface area contributed by atoms with Crippen molar-refractivity contribution in [2.24, 2.45) is 0 Å². The molecule has 0 saturated heterocycles. The van der Waals surface area contributed by atoms with Crippen LogP contribution in [0, 0.1) is 0 Å². The van der Waals surface area contributed by atoms with Gasteiger partial charge in [-0.2, -0.15) is 0 Å². The Morgan fingerprint density at radius 1 is 1.55 bits per heavy atom. The van der Waals surface area contributed by atoms with E-state index in [1.165, 1.54) is 0 Å². The number of likely N-dealkylation sites (N-methyl/N-ethyl adjacent to an activating group) is 1. The molecule has 0 aromatic heterocycles. The molecule has 1 aliphatic carbocycles. The normalized spacial score (nSPS) is 16.0. The van der Waals surface area contributed by atoms with Crippen LogP contribution in [-0.2, 0) is 4.79 Å². The number of rotatable bonds is 7. The molecule has 1 aliphatic rings. The van der Waals surface area contributed by atoms with Crippen LogP contribution in [0.25, 0.3) is 0 Å². The van der Waals surface area contributed by atoms with Gasteiger partial charge < -0.3 is 15.2 Å². The molecule has 0 radical (unpaired) electrons. The summed E-state index contributed by atoms with van der Waals surface area (Å²) in [4.78, 5) is 13.5. The highest BCUT2D eigenvalue weighted by Gasteiger charge is 2.23. The van der Waals surface area contributed by atoms with Crippen LogP contribution >= 0.6 is 0 Å². The third kappa shape index (κ3) is 4.51. The lowest BCUT2D eigenvalue weighted by molar-refractivity contribution is -0.122. The summed E-state index contributed by atoms with van der Waals surface area (Å²) < 4.78 is 5.14. The molecule has 0 bridgehead atoms. The highest BCUT2D eigenvalue weighted by atomic mass is 16.5. The average Bonchev–Trinajstić information content (AvgIpc) is 3.22. The largest absolute Gasteiger partial charge is 0.497 e. The fourth-order valence-electron chi connectivity index (χ4n) is 2.06. The predicted octanol–water partition coefficient (Wildman–Crippen LogP) is 0.939. The molecule has 0 spiro atoms. The second kappa shape index (κ2) is 6.72. The second-order valence-corrected chi connectivity index (χ2v) is 5.33. The van der Waals surface area contributed by atoms with Crippen molar-refractivity contribution < 1.29 is 14.6 Å². The standard InChI is InChI=1S/C15H22N2O3/c1-17(10-15(19)16-12-6-7-12)9-14(18)11-4-3-5-13(8-11)20-2/h3-5,8,12,14,18H,6-7,9-10H2,1-2H3,(H,16,19). The number of ether oxygens (including phenoxy) is 1. The number of hydrogen-bond donors (Lipinski definition) is 2. The first-order valence-corrected chi connectivity index (χ1v) is 6.88. The number of nitrogens with one attached hydrogen (secondary N) is 1. The van der Waals surface area contributed by atoms with Crippen molar-refractivity contribution in [1.29, 1.82) is 0 Å². The molecule has 2 rings (SSSR count). The van der Waals surface area contributed by atoms with Gasteiger partial charge in [-0.25, -0.2) is 0 Å². The lowest BCUT2D eigenvalue weighted by atomic mass is 10.1. The van der Waals surface area contributed by atoms with Gasteiger partial charge in [0, 0.05) is 12.6 Å². The molecule has 1 atom stereocenters. The molecule has 1 fully saturated rings. The zero-order valence-corrected chi connectivity index (χ0v) is 12.0. The van der Waals surface area contributed by atoms with Crippen LogP contribution in [0.4, 0.5) is 0 Å². The van der Waals surface area contributed by atoms with E-state index in [-0.39, 0.29) is 5.91 Å². The summed E-state index contributed by atoms with van der Waals surface area (Å²) in [6, 6.07) is 7.72. The zero-order chi connectivity index (χ0) is 14.5. The molecule has 1 aromatic carbocycles. The van der Waals surface area contributed by atoms with E-state index >= 15 is 0 Å². The monoisotopic (exact) mass is 278 g/mol. The molecule has 5 nitrogen and oxygen atoms in total. The van der Waals surface area contributed by atoms with Crippen LogP contribution in [0.2, 0.25) is 0 Å². The first-order valence-electron chi connectivity index (χ1n) is 6.88. The summed E-state index contributed by atoms with van der Waals surface area (Å²) in [5.41, 5.74) is 0.791. The van der Waals surface area contributed by atoms with Crippen molar-refractivity contribution >= 4 is 5.91 Å². The summed E-state index contributed by atoms with van der Waals surface area (Å²) in [5, 5.41) is 13.1. The third-order valence-corrected chi connectivity index (χ3v) is 3.32. The van der Waals surface area contributed by atoms with Crippen LogP contribution < -0.4 is 10.1 Å². The fraction of sp³-hybridized carbons (Fsp3) is 0.533. The number of aliphatic hydroxyl groups is 1. The maximum absolute atomic E-state index is 11.7. The Kier molecular flexibility index (Phi) is 4.98. The van der Waals surface area contributed by atoms with Crippen molar-refractivity contribution in [2.75, 3.05) is 27.2 Å². The van der Waals surface area contributed by atoms with Gasteiger partial charge in [0.25, 0.3) is 0 Å². The van der Waals surface area contributed by atoms with Gasteiger partial charge in [-0.3, -0.25) is 9.69 Å². The van der Waals surface area contributed by atoms with Crippen molar-refractivity contribution in [1.82, 2.24) is 10.2 Å². The highest BCUT2D eigenvalue weighted by molar-refractivity contribution is 5.78. The minimum absolute atomic E-state index is 0.0212. The van der Waals surface area contributed by atoms with Crippen molar-refractivity contribution in [2.45, 2.75) is 25.0 Å². The topological polar surface area (TPSA) is 61.8 Å². The summed E-state index contributed by atoms with van der Waals surface area (Å²) in [6.07, 6.45) is 1.54. The van der Waals surface area contributed by atoms with E-state index in [1.54, 1.807) is 7.11 Å². The SMILES string of the molecule is COc1cccc(C(O)CN(C)CC(=O)NC2CC2)c1. The molecule has 1 aromatic rings. The number of aliphatic hydroxyl groups excluding tert-OH is 1. The Balaban J connectivity index is 1.82. The van der Waals surface area contributed by atoms with E-state index in [0.717, 1.165) is 24.2 Å². The summed E-state index contributed by atoms with van der Waals surface area (Å²) in [5.74, 6) is 0.739. The summed E-state index contributed by atoms with van der Waals surface area (Å²) in [7, 11) is 3.43. The molecule has 0 aliphatic heterocycles. The number of benzene rings is 1. The molecule has 1 saturated carbocycles. The molecule has 2 N–H and O–H groups in total. The van der Waals surface area contributed by atoms with Gasteiger partial charge in [0.15, 0.2) is 0 Å². The number of hydrogen-bond acceptors (Lipinski definition) is 4. The van der Waals surface area contributed by atoms with E-state index in [2.05, 4.69) is 5.32 Å².